The van der Waals surface area contributed by atoms with Gasteiger partial charge in [0.05, 0.1) is 13.2 Å². The summed E-state index contributed by atoms with van der Waals surface area (Å²) >= 11 is 0. The molecule has 1 aromatic carbocycles. The van der Waals surface area contributed by atoms with E-state index in [-0.39, 0.29) is 23.7 Å². The molecule has 41 heavy (non-hydrogen) atoms. The zero-order valence-electron chi connectivity index (χ0n) is 24.9. The van der Waals surface area contributed by atoms with Crippen LogP contribution >= 0.6 is 0 Å². The third-order valence-corrected chi connectivity index (χ3v) is 6.88. The molecular weight excluding hydrogens is 526 g/mol. The van der Waals surface area contributed by atoms with Gasteiger partial charge in [-0.15, -0.1) is 0 Å². The largest absolute Gasteiger partial charge is 0.467 e. The van der Waals surface area contributed by atoms with E-state index in [2.05, 4.69) is 26.6 Å². The van der Waals surface area contributed by atoms with Gasteiger partial charge in [-0.25, -0.2) is 9.59 Å². The van der Waals surface area contributed by atoms with Gasteiger partial charge in [0.1, 0.15) is 18.1 Å². The summed E-state index contributed by atoms with van der Waals surface area (Å²) in [5.74, 6) is -2.24. The molecule has 226 valence electrons. The number of ether oxygens (including phenoxy) is 1. The summed E-state index contributed by atoms with van der Waals surface area (Å²) in [5.41, 5.74) is 2.10. The maximum atomic E-state index is 13.4. The summed E-state index contributed by atoms with van der Waals surface area (Å²) in [7, 11) is 1.24. The summed E-state index contributed by atoms with van der Waals surface area (Å²) in [6.07, 6.45) is 5.10. The monoisotopic (exact) mass is 571 g/mol. The van der Waals surface area contributed by atoms with Crippen molar-refractivity contribution in [3.05, 3.63) is 47.5 Å². The SMILES string of the molecule is COC(=O)C(NC(=O)N[C@H](C(=O)N[C@H]1CCCCNC(=O)/C=C/[C@H](Cc2ccc(C)cc2)NC1=O)C(C)C)C(C)C. The van der Waals surface area contributed by atoms with Gasteiger partial charge in [0.25, 0.3) is 0 Å². The van der Waals surface area contributed by atoms with E-state index in [0.717, 1.165) is 11.1 Å². The van der Waals surface area contributed by atoms with Gasteiger partial charge in [0, 0.05) is 12.6 Å². The molecule has 1 unspecified atom stereocenters. The number of hydrogen-bond acceptors (Lipinski definition) is 6. The Balaban J connectivity index is 2.18. The number of methoxy groups -OCH3 is 1. The van der Waals surface area contributed by atoms with Gasteiger partial charge in [-0.1, -0.05) is 63.6 Å². The first-order chi connectivity index (χ1) is 19.4. The number of amides is 5. The molecule has 0 fully saturated rings. The van der Waals surface area contributed by atoms with Gasteiger partial charge in [0.2, 0.25) is 17.7 Å². The van der Waals surface area contributed by atoms with Gasteiger partial charge in [0.15, 0.2) is 0 Å². The fraction of sp³-hybridized carbons (Fsp3) is 0.567. The van der Waals surface area contributed by atoms with Crippen LogP contribution in [-0.2, 0) is 30.3 Å². The van der Waals surface area contributed by atoms with E-state index in [1.807, 2.05) is 31.2 Å². The number of hydrogen-bond donors (Lipinski definition) is 5. The van der Waals surface area contributed by atoms with Crippen molar-refractivity contribution in [2.45, 2.75) is 84.5 Å². The van der Waals surface area contributed by atoms with Gasteiger partial charge >= 0.3 is 12.0 Å². The Hall–Kier alpha value is -3.89. The molecule has 5 amide bonds. The maximum absolute atomic E-state index is 13.4. The van der Waals surface area contributed by atoms with Crippen LogP contribution in [0.5, 0.6) is 0 Å². The van der Waals surface area contributed by atoms with Crippen LogP contribution in [0.25, 0.3) is 0 Å². The standard InChI is InChI=1S/C30H45N5O6/c1-18(2)25(34-30(40)35-26(19(3)4)29(39)41-6)28(38)33-23-9-7-8-16-31-24(36)15-14-22(32-27(23)37)17-21-12-10-20(5)11-13-21/h10-15,18-19,22-23,25-26H,7-9,16-17H2,1-6H3,(H,31,36)(H,32,37)(H,33,38)(H2,34,35,40)/b15-14+/t22-,23+,25+,26?/m1/s1. The number of aryl methyl sites for hydroxylation is 1. The second kappa shape index (κ2) is 16.4. The number of carbonyl (C=O) groups is 5. The second-order valence-corrected chi connectivity index (χ2v) is 11.1. The first kappa shape index (κ1) is 33.3. The third kappa shape index (κ3) is 11.3. The Morgan fingerprint density at radius 3 is 2.22 bits per heavy atom. The average molecular weight is 572 g/mol. The van der Waals surface area contributed by atoms with Crippen molar-refractivity contribution < 1.29 is 28.7 Å². The van der Waals surface area contributed by atoms with E-state index in [4.69, 9.17) is 4.74 Å². The molecule has 1 aromatic rings. The third-order valence-electron chi connectivity index (χ3n) is 6.88. The predicted octanol–water partition coefficient (Wildman–Crippen LogP) is 1.88. The minimum atomic E-state index is -0.961. The fourth-order valence-corrected chi connectivity index (χ4v) is 4.39. The van der Waals surface area contributed by atoms with Crippen molar-refractivity contribution in [3.8, 4) is 0 Å². The van der Waals surface area contributed by atoms with Crippen molar-refractivity contribution >= 4 is 29.7 Å². The maximum Gasteiger partial charge on any atom is 0.328 e. The number of nitrogens with one attached hydrogen (secondary N) is 5. The van der Waals surface area contributed by atoms with Crippen LogP contribution in [0.2, 0.25) is 0 Å². The topological polar surface area (TPSA) is 155 Å². The number of benzene rings is 1. The van der Waals surface area contributed by atoms with E-state index in [0.29, 0.717) is 32.2 Å². The molecule has 5 N–H and O–H groups in total. The van der Waals surface area contributed by atoms with E-state index >= 15 is 0 Å². The molecule has 11 nitrogen and oxygen atoms in total. The molecule has 0 saturated heterocycles. The summed E-state index contributed by atoms with van der Waals surface area (Å²) in [4.78, 5) is 63.8. The van der Waals surface area contributed by atoms with Crippen LogP contribution in [0, 0.1) is 18.8 Å². The first-order valence-corrected chi connectivity index (χ1v) is 14.2. The molecule has 1 aliphatic rings. The quantitative estimate of drug-likeness (QED) is 0.285. The minimum absolute atomic E-state index is 0.227. The molecule has 0 radical (unpaired) electrons. The molecule has 0 bridgehead atoms. The Kier molecular flexibility index (Phi) is 13.3. The van der Waals surface area contributed by atoms with Gasteiger partial charge in [-0.05, 0) is 50.0 Å². The lowest BCUT2D eigenvalue weighted by molar-refractivity contribution is -0.144. The zero-order valence-corrected chi connectivity index (χ0v) is 24.9. The number of urea groups is 1. The van der Waals surface area contributed by atoms with Crippen LogP contribution in [0.4, 0.5) is 4.79 Å². The van der Waals surface area contributed by atoms with E-state index in [1.165, 1.54) is 13.2 Å². The van der Waals surface area contributed by atoms with Crippen molar-refractivity contribution in [1.82, 2.24) is 26.6 Å². The first-order valence-electron chi connectivity index (χ1n) is 14.2. The van der Waals surface area contributed by atoms with Crippen LogP contribution in [0.3, 0.4) is 0 Å². The van der Waals surface area contributed by atoms with Crippen LogP contribution in [0.15, 0.2) is 36.4 Å². The van der Waals surface area contributed by atoms with Crippen LogP contribution in [-0.4, -0.2) is 67.5 Å². The van der Waals surface area contributed by atoms with E-state index < -0.39 is 42.1 Å². The van der Waals surface area contributed by atoms with Crippen LogP contribution in [0.1, 0.15) is 58.1 Å². The normalized spacial score (nSPS) is 20.4. The van der Waals surface area contributed by atoms with Crippen LogP contribution < -0.4 is 26.6 Å². The Bertz CT molecular complexity index is 1090. The lowest BCUT2D eigenvalue weighted by Gasteiger charge is -2.27. The highest BCUT2D eigenvalue weighted by Crippen LogP contribution is 2.11. The average Bonchev–Trinajstić information content (AvgIpc) is 2.92. The summed E-state index contributed by atoms with van der Waals surface area (Å²) in [6, 6.07) is 4.04. The van der Waals surface area contributed by atoms with E-state index in [9.17, 15) is 24.0 Å². The molecule has 0 aromatic heterocycles. The Morgan fingerprint density at radius 2 is 1.61 bits per heavy atom. The van der Waals surface area contributed by atoms with Crippen molar-refractivity contribution in [2.75, 3.05) is 13.7 Å². The van der Waals surface area contributed by atoms with Crippen molar-refractivity contribution in [3.63, 3.8) is 0 Å². The fourth-order valence-electron chi connectivity index (χ4n) is 4.39. The molecule has 2 rings (SSSR count). The second-order valence-electron chi connectivity index (χ2n) is 11.1. The van der Waals surface area contributed by atoms with Crippen molar-refractivity contribution in [2.24, 2.45) is 11.8 Å². The highest BCUT2D eigenvalue weighted by molar-refractivity contribution is 5.93. The van der Waals surface area contributed by atoms with Gasteiger partial charge < -0.3 is 31.3 Å². The molecule has 4 atom stereocenters. The molecule has 0 saturated carbocycles. The molecule has 1 heterocycles. The molecule has 0 aliphatic carbocycles. The zero-order chi connectivity index (χ0) is 30.5. The summed E-state index contributed by atoms with van der Waals surface area (Å²) < 4.78 is 4.77. The molecular formula is C30H45N5O6. The summed E-state index contributed by atoms with van der Waals surface area (Å²) in [6.45, 7) is 9.52. The molecule has 0 spiro atoms. The summed E-state index contributed by atoms with van der Waals surface area (Å²) in [5, 5.41) is 13.8. The number of carbonyl (C=O) groups excluding carboxylic acids is 5. The lowest BCUT2D eigenvalue weighted by atomic mass is 10.0. The number of esters is 1. The predicted molar refractivity (Wildman–Crippen MR) is 156 cm³/mol. The number of rotatable bonds is 9. The highest BCUT2D eigenvalue weighted by Gasteiger charge is 2.31. The molecule has 11 heteroatoms. The highest BCUT2D eigenvalue weighted by atomic mass is 16.5. The van der Waals surface area contributed by atoms with Gasteiger partial charge in [-0.3, -0.25) is 14.4 Å². The van der Waals surface area contributed by atoms with E-state index in [1.54, 1.807) is 33.8 Å². The minimum Gasteiger partial charge on any atom is -0.467 e. The smallest absolute Gasteiger partial charge is 0.328 e. The Labute approximate surface area is 242 Å². The lowest BCUT2D eigenvalue weighted by Crippen LogP contribution is -2.59. The van der Waals surface area contributed by atoms with Crippen molar-refractivity contribution in [1.29, 1.82) is 0 Å². The molecule has 1 aliphatic heterocycles. The Morgan fingerprint density at radius 1 is 0.976 bits per heavy atom. The van der Waals surface area contributed by atoms with Gasteiger partial charge in [-0.2, -0.15) is 0 Å².